The van der Waals surface area contributed by atoms with Crippen molar-refractivity contribution < 1.29 is 4.79 Å². The topological polar surface area (TPSA) is 90.5 Å². The second-order valence-electron chi connectivity index (χ2n) is 7.04. The van der Waals surface area contributed by atoms with E-state index in [-0.39, 0.29) is 11.2 Å². The maximum Gasteiger partial charge on any atom is 0.237 e. The van der Waals surface area contributed by atoms with E-state index in [1.165, 1.54) is 17.3 Å². The quantitative estimate of drug-likeness (QED) is 0.640. The molecule has 1 N–H and O–H groups in total. The molecular formula is C19H25N7OS. The van der Waals surface area contributed by atoms with Crippen molar-refractivity contribution in [3.63, 3.8) is 0 Å². The van der Waals surface area contributed by atoms with Gasteiger partial charge >= 0.3 is 0 Å². The van der Waals surface area contributed by atoms with Crippen molar-refractivity contribution in [3.05, 3.63) is 41.2 Å². The number of benzene rings is 1. The molecule has 0 aliphatic heterocycles. The Morgan fingerprint density at radius 1 is 1.14 bits per heavy atom. The molecule has 0 unspecified atom stereocenters. The summed E-state index contributed by atoms with van der Waals surface area (Å²) in [7, 11) is 1.86. The zero-order valence-electron chi connectivity index (χ0n) is 17.0. The third-order valence-corrected chi connectivity index (χ3v) is 5.69. The van der Waals surface area contributed by atoms with Gasteiger partial charge in [-0.05, 0) is 54.8 Å². The predicted octanol–water partition coefficient (Wildman–Crippen LogP) is 3.26. The van der Waals surface area contributed by atoms with Gasteiger partial charge in [0.2, 0.25) is 11.1 Å². The number of nitrogens with one attached hydrogen (secondary N) is 1. The molecule has 0 saturated carbocycles. The van der Waals surface area contributed by atoms with Gasteiger partial charge in [-0.15, -0.1) is 5.10 Å². The lowest BCUT2D eigenvalue weighted by Gasteiger charge is -2.12. The SMILES string of the molecule is Cc1nn(C)c(C)c1NC(=O)[C@H](C)Sc1nnnn1-c1ccc(C(C)C)cc1. The summed E-state index contributed by atoms with van der Waals surface area (Å²) in [6.07, 6.45) is 0. The lowest BCUT2D eigenvalue weighted by Crippen LogP contribution is -2.23. The number of anilines is 1. The first kappa shape index (κ1) is 20.1. The molecule has 0 aliphatic carbocycles. The van der Waals surface area contributed by atoms with Gasteiger partial charge in [0.25, 0.3) is 0 Å². The molecule has 0 spiro atoms. The van der Waals surface area contributed by atoms with E-state index in [0.717, 1.165) is 22.8 Å². The molecule has 0 fully saturated rings. The van der Waals surface area contributed by atoms with E-state index in [0.29, 0.717) is 11.1 Å². The average Bonchev–Trinajstić information content (AvgIpc) is 3.21. The van der Waals surface area contributed by atoms with Crippen molar-refractivity contribution in [1.82, 2.24) is 30.0 Å². The van der Waals surface area contributed by atoms with Crippen LogP contribution in [0.1, 0.15) is 43.6 Å². The fraction of sp³-hybridized carbons (Fsp3) is 0.421. The molecular weight excluding hydrogens is 374 g/mol. The molecule has 28 heavy (non-hydrogen) atoms. The minimum Gasteiger partial charge on any atom is -0.322 e. The zero-order valence-corrected chi connectivity index (χ0v) is 17.8. The normalized spacial score (nSPS) is 12.4. The summed E-state index contributed by atoms with van der Waals surface area (Å²) >= 11 is 1.32. The molecule has 3 rings (SSSR count). The molecule has 8 nitrogen and oxygen atoms in total. The van der Waals surface area contributed by atoms with Crippen LogP contribution in [0, 0.1) is 13.8 Å². The van der Waals surface area contributed by atoms with Gasteiger partial charge in [-0.3, -0.25) is 9.48 Å². The molecule has 9 heteroatoms. The van der Waals surface area contributed by atoms with E-state index < -0.39 is 0 Å². The van der Waals surface area contributed by atoms with Gasteiger partial charge in [0.05, 0.1) is 28.0 Å². The third kappa shape index (κ3) is 4.09. The van der Waals surface area contributed by atoms with Crippen molar-refractivity contribution in [2.45, 2.75) is 50.9 Å². The number of aromatic nitrogens is 6. The van der Waals surface area contributed by atoms with Crippen molar-refractivity contribution in [2.75, 3.05) is 5.32 Å². The molecule has 1 amide bonds. The number of carbonyl (C=O) groups excluding carboxylic acids is 1. The van der Waals surface area contributed by atoms with Crippen LogP contribution in [0.25, 0.3) is 5.69 Å². The Morgan fingerprint density at radius 2 is 1.82 bits per heavy atom. The predicted molar refractivity (Wildman–Crippen MR) is 110 cm³/mol. The third-order valence-electron chi connectivity index (χ3n) is 4.65. The van der Waals surface area contributed by atoms with Gasteiger partial charge in [-0.25, -0.2) is 0 Å². The number of thioether (sulfide) groups is 1. The van der Waals surface area contributed by atoms with Crippen LogP contribution in [0.4, 0.5) is 5.69 Å². The van der Waals surface area contributed by atoms with Crippen molar-refractivity contribution >= 4 is 23.4 Å². The largest absolute Gasteiger partial charge is 0.322 e. The summed E-state index contributed by atoms with van der Waals surface area (Å²) in [5.74, 6) is 0.341. The number of hydrogen-bond donors (Lipinski definition) is 1. The van der Waals surface area contributed by atoms with Crippen LogP contribution in [0.15, 0.2) is 29.4 Å². The van der Waals surface area contributed by atoms with Crippen LogP contribution in [0.2, 0.25) is 0 Å². The van der Waals surface area contributed by atoms with Crippen molar-refractivity contribution in [3.8, 4) is 5.69 Å². The molecule has 0 aliphatic rings. The number of carbonyl (C=O) groups is 1. The second kappa shape index (κ2) is 8.14. The average molecular weight is 400 g/mol. The fourth-order valence-corrected chi connectivity index (χ4v) is 3.61. The van der Waals surface area contributed by atoms with Crippen LogP contribution < -0.4 is 5.32 Å². The summed E-state index contributed by atoms with van der Waals surface area (Å²) in [6.45, 7) is 9.94. The van der Waals surface area contributed by atoms with E-state index in [1.54, 1.807) is 9.36 Å². The number of aryl methyl sites for hydroxylation is 2. The van der Waals surface area contributed by atoms with E-state index in [9.17, 15) is 4.79 Å². The number of rotatable bonds is 6. The number of tetrazole rings is 1. The highest BCUT2D eigenvalue weighted by Crippen LogP contribution is 2.26. The highest BCUT2D eigenvalue weighted by Gasteiger charge is 2.21. The van der Waals surface area contributed by atoms with E-state index in [1.807, 2.05) is 40.0 Å². The van der Waals surface area contributed by atoms with Crippen LogP contribution in [-0.4, -0.2) is 41.1 Å². The Hall–Kier alpha value is -2.68. The molecule has 2 aromatic heterocycles. The van der Waals surface area contributed by atoms with Crippen LogP contribution >= 0.6 is 11.8 Å². The molecule has 148 valence electrons. The lowest BCUT2D eigenvalue weighted by molar-refractivity contribution is -0.115. The Bertz CT molecular complexity index is 975. The van der Waals surface area contributed by atoms with E-state index >= 15 is 0 Å². The van der Waals surface area contributed by atoms with Crippen molar-refractivity contribution in [1.29, 1.82) is 0 Å². The summed E-state index contributed by atoms with van der Waals surface area (Å²) in [5, 5.41) is 19.4. The van der Waals surface area contributed by atoms with E-state index in [4.69, 9.17) is 0 Å². The lowest BCUT2D eigenvalue weighted by atomic mass is 10.0. The van der Waals surface area contributed by atoms with Crippen molar-refractivity contribution in [2.24, 2.45) is 7.05 Å². The standard InChI is InChI=1S/C19H25N7OS/c1-11(2)15-7-9-16(10-8-15)26-19(21-23-24-26)28-14(5)18(27)20-17-12(3)22-25(6)13(17)4/h7-11,14H,1-6H3,(H,20,27)/t14-/m0/s1. The summed E-state index contributed by atoms with van der Waals surface area (Å²) in [4.78, 5) is 12.7. The molecule has 0 radical (unpaired) electrons. The maximum atomic E-state index is 12.7. The van der Waals surface area contributed by atoms with Gasteiger partial charge in [0.15, 0.2) is 0 Å². The smallest absolute Gasteiger partial charge is 0.237 e. The Morgan fingerprint density at radius 3 is 2.39 bits per heavy atom. The molecule has 1 aromatic carbocycles. The molecule has 0 bridgehead atoms. The Kier molecular flexibility index (Phi) is 5.83. The van der Waals surface area contributed by atoms with Gasteiger partial charge < -0.3 is 5.32 Å². The Balaban J connectivity index is 1.73. The van der Waals surface area contributed by atoms with Crippen LogP contribution in [0.3, 0.4) is 0 Å². The van der Waals surface area contributed by atoms with Crippen LogP contribution in [0.5, 0.6) is 0 Å². The Labute approximate surface area is 168 Å². The van der Waals surface area contributed by atoms with Gasteiger partial charge in [0, 0.05) is 7.05 Å². The first-order valence-electron chi connectivity index (χ1n) is 9.14. The number of nitrogens with zero attached hydrogens (tertiary/aromatic N) is 6. The van der Waals surface area contributed by atoms with E-state index in [2.05, 4.69) is 51.9 Å². The fourth-order valence-electron chi connectivity index (χ4n) is 2.81. The van der Waals surface area contributed by atoms with Gasteiger partial charge in [0.1, 0.15) is 0 Å². The summed E-state index contributed by atoms with van der Waals surface area (Å²) in [5.41, 5.74) is 4.58. The van der Waals surface area contributed by atoms with Gasteiger partial charge in [-0.1, -0.05) is 37.7 Å². The first-order chi connectivity index (χ1) is 13.3. The number of hydrogen-bond acceptors (Lipinski definition) is 6. The van der Waals surface area contributed by atoms with Crippen LogP contribution in [-0.2, 0) is 11.8 Å². The molecule has 0 saturated heterocycles. The first-order valence-corrected chi connectivity index (χ1v) is 10.0. The second-order valence-corrected chi connectivity index (χ2v) is 8.35. The summed E-state index contributed by atoms with van der Waals surface area (Å²) < 4.78 is 3.41. The summed E-state index contributed by atoms with van der Waals surface area (Å²) in [6, 6.07) is 8.12. The minimum absolute atomic E-state index is 0.117. The van der Waals surface area contributed by atoms with Gasteiger partial charge in [-0.2, -0.15) is 9.78 Å². The monoisotopic (exact) mass is 399 g/mol. The number of amides is 1. The molecule has 3 aromatic rings. The highest BCUT2D eigenvalue weighted by molar-refractivity contribution is 8.00. The minimum atomic E-state index is -0.376. The molecule has 1 atom stereocenters. The maximum absolute atomic E-state index is 12.7. The zero-order chi connectivity index (χ0) is 20.4. The molecule has 2 heterocycles. The highest BCUT2D eigenvalue weighted by atomic mass is 32.2.